The normalized spacial score (nSPS) is 19.5. The van der Waals surface area contributed by atoms with E-state index in [0.717, 1.165) is 19.3 Å². The Morgan fingerprint density at radius 3 is 2.50 bits per heavy atom. The molecule has 0 aliphatic carbocycles. The fourth-order valence-electron chi connectivity index (χ4n) is 2.40. The van der Waals surface area contributed by atoms with E-state index in [1.807, 2.05) is 20.8 Å². The van der Waals surface area contributed by atoms with E-state index >= 15 is 0 Å². The number of hydrogen-bond donors (Lipinski definition) is 0. The predicted octanol–water partition coefficient (Wildman–Crippen LogP) is 3.64. The van der Waals surface area contributed by atoms with Crippen molar-refractivity contribution in [3.8, 4) is 0 Å². The highest BCUT2D eigenvalue weighted by Gasteiger charge is 2.32. The van der Waals surface area contributed by atoms with Crippen LogP contribution in [0.5, 0.6) is 0 Å². The number of amides is 1. The summed E-state index contributed by atoms with van der Waals surface area (Å²) in [4.78, 5) is 25.7. The van der Waals surface area contributed by atoms with Gasteiger partial charge in [-0.25, -0.2) is 4.79 Å². The van der Waals surface area contributed by atoms with E-state index in [1.165, 1.54) is 0 Å². The second-order valence-corrected chi connectivity index (χ2v) is 7.16. The molecule has 0 N–H and O–H groups in total. The molecule has 116 valence electrons. The van der Waals surface area contributed by atoms with Gasteiger partial charge in [-0.1, -0.05) is 20.3 Å². The van der Waals surface area contributed by atoms with Crippen LogP contribution in [0.15, 0.2) is 0 Å². The molecule has 0 saturated carbocycles. The van der Waals surface area contributed by atoms with Crippen LogP contribution in [0.25, 0.3) is 0 Å². The summed E-state index contributed by atoms with van der Waals surface area (Å²) in [7, 11) is 0. The Balaban J connectivity index is 2.35. The average Bonchev–Trinajstić information content (AvgIpc) is 2.75. The molecule has 1 fully saturated rings. The van der Waals surface area contributed by atoms with Crippen molar-refractivity contribution in [3.63, 3.8) is 0 Å². The van der Waals surface area contributed by atoms with Crippen molar-refractivity contribution in [2.75, 3.05) is 13.1 Å². The van der Waals surface area contributed by atoms with Gasteiger partial charge in [0.15, 0.2) is 0 Å². The zero-order chi connectivity index (χ0) is 15.3. The lowest BCUT2D eigenvalue weighted by atomic mass is 9.97. The number of carbonyl (C=O) groups is 2. The topological polar surface area (TPSA) is 46.6 Å². The van der Waals surface area contributed by atoms with Crippen LogP contribution in [-0.4, -0.2) is 35.5 Å². The van der Waals surface area contributed by atoms with E-state index in [-0.39, 0.29) is 12.0 Å². The minimum atomic E-state index is -0.476. The molecule has 4 nitrogen and oxygen atoms in total. The van der Waals surface area contributed by atoms with Gasteiger partial charge in [-0.05, 0) is 39.5 Å². The first kappa shape index (κ1) is 17.0. The zero-order valence-corrected chi connectivity index (χ0v) is 13.6. The van der Waals surface area contributed by atoms with Crippen LogP contribution in [0, 0.1) is 11.8 Å². The van der Waals surface area contributed by atoms with Crippen LogP contribution < -0.4 is 0 Å². The monoisotopic (exact) mass is 283 g/mol. The molecule has 1 rings (SSSR count). The maximum atomic E-state index is 12.1. The van der Waals surface area contributed by atoms with Crippen molar-refractivity contribution in [3.05, 3.63) is 0 Å². The number of nitrogens with zero attached hydrogens (tertiary/aromatic N) is 1. The molecule has 1 heterocycles. The Bertz CT molecular complexity index is 344. The van der Waals surface area contributed by atoms with E-state index in [1.54, 1.807) is 4.90 Å². The maximum Gasteiger partial charge on any atom is 0.410 e. The number of ether oxygens (including phenoxy) is 1. The SMILES string of the molecule is CC(C)CCCC(=O)C1CCN(C(=O)OC(C)(C)C)C1. The molecular weight excluding hydrogens is 254 g/mol. The molecule has 1 unspecified atom stereocenters. The molecule has 1 amide bonds. The molecule has 0 radical (unpaired) electrons. The van der Waals surface area contributed by atoms with Crippen LogP contribution >= 0.6 is 0 Å². The van der Waals surface area contributed by atoms with Crippen LogP contribution in [0.2, 0.25) is 0 Å². The summed E-state index contributed by atoms with van der Waals surface area (Å²) >= 11 is 0. The molecular formula is C16H29NO3. The van der Waals surface area contributed by atoms with Gasteiger partial charge in [0.2, 0.25) is 0 Å². The van der Waals surface area contributed by atoms with Crippen LogP contribution in [-0.2, 0) is 9.53 Å². The largest absolute Gasteiger partial charge is 0.444 e. The summed E-state index contributed by atoms with van der Waals surface area (Å²) in [5.74, 6) is 0.955. The Morgan fingerprint density at radius 2 is 1.95 bits per heavy atom. The second kappa shape index (κ2) is 7.09. The highest BCUT2D eigenvalue weighted by atomic mass is 16.6. The Labute approximate surface area is 122 Å². The lowest BCUT2D eigenvalue weighted by Gasteiger charge is -2.24. The molecule has 1 saturated heterocycles. The predicted molar refractivity (Wildman–Crippen MR) is 79.6 cm³/mol. The van der Waals surface area contributed by atoms with Crippen molar-refractivity contribution < 1.29 is 14.3 Å². The van der Waals surface area contributed by atoms with Gasteiger partial charge in [-0.3, -0.25) is 4.79 Å². The molecule has 0 aromatic rings. The van der Waals surface area contributed by atoms with Crippen molar-refractivity contribution in [1.82, 2.24) is 4.90 Å². The minimum Gasteiger partial charge on any atom is -0.444 e. The van der Waals surface area contributed by atoms with Crippen molar-refractivity contribution >= 4 is 11.9 Å². The van der Waals surface area contributed by atoms with Crippen molar-refractivity contribution in [2.24, 2.45) is 11.8 Å². The minimum absolute atomic E-state index is 0.00896. The lowest BCUT2D eigenvalue weighted by molar-refractivity contribution is -0.122. The van der Waals surface area contributed by atoms with Gasteiger partial charge in [-0.15, -0.1) is 0 Å². The van der Waals surface area contributed by atoms with E-state index in [4.69, 9.17) is 4.74 Å². The lowest BCUT2D eigenvalue weighted by Crippen LogP contribution is -2.35. The molecule has 0 aromatic carbocycles. The zero-order valence-electron chi connectivity index (χ0n) is 13.6. The molecule has 0 spiro atoms. The number of hydrogen-bond acceptors (Lipinski definition) is 3. The number of Topliss-reactive ketones (excluding diaryl/α,β-unsaturated/α-hetero) is 1. The van der Waals surface area contributed by atoms with Gasteiger partial charge >= 0.3 is 6.09 Å². The first-order valence-corrected chi connectivity index (χ1v) is 7.69. The first-order chi connectivity index (χ1) is 9.19. The molecule has 1 atom stereocenters. The smallest absolute Gasteiger partial charge is 0.410 e. The summed E-state index contributed by atoms with van der Waals surface area (Å²) in [6, 6.07) is 0. The van der Waals surface area contributed by atoms with Gasteiger partial charge in [-0.2, -0.15) is 0 Å². The van der Waals surface area contributed by atoms with E-state index in [9.17, 15) is 9.59 Å². The van der Waals surface area contributed by atoms with Crippen LogP contribution in [0.1, 0.15) is 60.3 Å². The summed E-state index contributed by atoms with van der Waals surface area (Å²) in [5, 5.41) is 0. The van der Waals surface area contributed by atoms with Gasteiger partial charge in [0, 0.05) is 25.4 Å². The molecule has 4 heteroatoms. The number of ketones is 1. The van der Waals surface area contributed by atoms with Gasteiger partial charge in [0.1, 0.15) is 11.4 Å². The van der Waals surface area contributed by atoms with E-state index < -0.39 is 5.60 Å². The van der Waals surface area contributed by atoms with Gasteiger partial charge in [0.05, 0.1) is 0 Å². The van der Waals surface area contributed by atoms with Crippen LogP contribution in [0.4, 0.5) is 4.79 Å². The Hall–Kier alpha value is -1.06. The third-order valence-electron chi connectivity index (χ3n) is 3.50. The number of likely N-dealkylation sites (tertiary alicyclic amines) is 1. The van der Waals surface area contributed by atoms with Gasteiger partial charge < -0.3 is 9.64 Å². The van der Waals surface area contributed by atoms with Crippen molar-refractivity contribution in [2.45, 2.75) is 65.9 Å². The third-order valence-corrected chi connectivity index (χ3v) is 3.50. The number of rotatable bonds is 5. The Morgan fingerprint density at radius 1 is 1.30 bits per heavy atom. The number of carbonyl (C=O) groups excluding carboxylic acids is 2. The molecule has 1 aliphatic heterocycles. The fourth-order valence-corrected chi connectivity index (χ4v) is 2.40. The molecule has 0 aromatic heterocycles. The van der Waals surface area contributed by atoms with Gasteiger partial charge in [0.25, 0.3) is 0 Å². The summed E-state index contributed by atoms with van der Waals surface area (Å²) < 4.78 is 5.34. The van der Waals surface area contributed by atoms with Crippen LogP contribution in [0.3, 0.4) is 0 Å². The summed E-state index contributed by atoms with van der Waals surface area (Å²) in [5.41, 5.74) is -0.476. The quantitative estimate of drug-likeness (QED) is 0.774. The highest BCUT2D eigenvalue weighted by molar-refractivity contribution is 5.82. The van der Waals surface area contributed by atoms with E-state index in [0.29, 0.717) is 31.2 Å². The summed E-state index contributed by atoms with van der Waals surface area (Å²) in [6.07, 6.45) is 3.17. The molecule has 0 bridgehead atoms. The second-order valence-electron chi connectivity index (χ2n) is 7.16. The molecule has 1 aliphatic rings. The third kappa shape index (κ3) is 5.93. The first-order valence-electron chi connectivity index (χ1n) is 7.69. The van der Waals surface area contributed by atoms with E-state index in [2.05, 4.69) is 13.8 Å². The summed E-state index contributed by atoms with van der Waals surface area (Å²) in [6.45, 7) is 11.1. The standard InChI is InChI=1S/C16H29NO3/c1-12(2)7-6-8-14(18)13-9-10-17(11-13)15(19)20-16(3,4)5/h12-13H,6-11H2,1-5H3. The molecule has 20 heavy (non-hydrogen) atoms. The highest BCUT2D eigenvalue weighted by Crippen LogP contribution is 2.22. The maximum absolute atomic E-state index is 12.1. The fraction of sp³-hybridized carbons (Fsp3) is 0.875. The van der Waals surface area contributed by atoms with Crippen molar-refractivity contribution in [1.29, 1.82) is 0 Å². The average molecular weight is 283 g/mol. The Kier molecular flexibility index (Phi) is 6.03.